The van der Waals surface area contributed by atoms with E-state index in [0.29, 0.717) is 32.3 Å². The molecule has 2 heterocycles. The van der Waals surface area contributed by atoms with Crippen molar-refractivity contribution in [2.24, 2.45) is 4.99 Å². The van der Waals surface area contributed by atoms with Crippen LogP contribution in [0.3, 0.4) is 0 Å². The second-order valence-corrected chi connectivity index (χ2v) is 6.93. The fourth-order valence-electron chi connectivity index (χ4n) is 3.32. The Hall–Kier alpha value is -1.72. The summed E-state index contributed by atoms with van der Waals surface area (Å²) in [6.07, 6.45) is 0.838. The Bertz CT molecular complexity index is 778. The van der Waals surface area contributed by atoms with E-state index in [2.05, 4.69) is 25.7 Å². The van der Waals surface area contributed by atoms with E-state index in [0.717, 1.165) is 43.1 Å². The van der Waals surface area contributed by atoms with E-state index in [1.54, 1.807) is 0 Å². The van der Waals surface area contributed by atoms with Gasteiger partial charge in [0.05, 0.1) is 24.9 Å². The van der Waals surface area contributed by atoms with Crippen LogP contribution in [-0.2, 0) is 17.7 Å². The molecule has 7 nitrogen and oxygen atoms in total. The molecule has 1 aliphatic heterocycles. The molecule has 0 spiro atoms. The SMILES string of the molecule is CCNC(=NCc1cc(CC)no1)NCC(c1ccc(F)cc1)N1CCOCC1.I. The molecule has 30 heavy (non-hydrogen) atoms. The number of hydrogen-bond acceptors (Lipinski definition) is 5. The lowest BCUT2D eigenvalue weighted by atomic mass is 10.0. The molecule has 1 aromatic heterocycles. The molecule has 0 amide bonds. The number of ether oxygens (including phenoxy) is 1. The van der Waals surface area contributed by atoms with Crippen molar-refractivity contribution in [2.45, 2.75) is 32.9 Å². The van der Waals surface area contributed by atoms with Gasteiger partial charge in [-0.3, -0.25) is 4.90 Å². The Morgan fingerprint density at radius 2 is 1.93 bits per heavy atom. The molecule has 2 N–H and O–H groups in total. The highest BCUT2D eigenvalue weighted by Crippen LogP contribution is 2.21. The van der Waals surface area contributed by atoms with Crippen molar-refractivity contribution < 1.29 is 13.7 Å². The zero-order valence-electron chi connectivity index (χ0n) is 17.6. The maximum Gasteiger partial charge on any atom is 0.191 e. The van der Waals surface area contributed by atoms with Crippen LogP contribution < -0.4 is 10.6 Å². The van der Waals surface area contributed by atoms with Gasteiger partial charge in [-0.2, -0.15) is 0 Å². The van der Waals surface area contributed by atoms with Crippen molar-refractivity contribution in [1.82, 2.24) is 20.7 Å². The molecule has 1 atom stereocenters. The number of guanidine groups is 1. The minimum atomic E-state index is -0.226. The molecule has 0 bridgehead atoms. The van der Waals surface area contributed by atoms with E-state index in [1.165, 1.54) is 12.1 Å². The Balaban J connectivity index is 0.00000320. The third-order valence-corrected chi connectivity index (χ3v) is 4.91. The first kappa shape index (κ1) is 24.5. The zero-order chi connectivity index (χ0) is 20.5. The molecular weight excluding hydrogens is 500 g/mol. The first-order valence-corrected chi connectivity index (χ1v) is 10.2. The molecule has 0 saturated carbocycles. The zero-order valence-corrected chi connectivity index (χ0v) is 19.9. The molecular formula is C21H31FIN5O2. The second-order valence-electron chi connectivity index (χ2n) is 6.93. The highest BCUT2D eigenvalue weighted by Gasteiger charge is 2.23. The number of aromatic nitrogens is 1. The Labute approximate surface area is 194 Å². The van der Waals surface area contributed by atoms with E-state index in [9.17, 15) is 4.39 Å². The van der Waals surface area contributed by atoms with Gasteiger partial charge >= 0.3 is 0 Å². The standard InChI is InChI=1S/C21H30FN5O2.HI/c1-3-18-13-19(29-26-18)14-24-21(23-4-2)25-15-20(27-9-11-28-12-10-27)16-5-7-17(22)8-6-16;/h5-8,13,20H,3-4,9-12,14-15H2,1-2H3,(H2,23,24,25);1H. The first-order chi connectivity index (χ1) is 14.2. The molecule has 0 aliphatic carbocycles. The molecule has 3 rings (SSSR count). The van der Waals surface area contributed by atoms with Crippen LogP contribution >= 0.6 is 24.0 Å². The average molecular weight is 531 g/mol. The van der Waals surface area contributed by atoms with Crippen molar-refractivity contribution in [2.75, 3.05) is 39.4 Å². The third-order valence-electron chi connectivity index (χ3n) is 4.91. The summed E-state index contributed by atoms with van der Waals surface area (Å²) in [7, 11) is 0. The van der Waals surface area contributed by atoms with Gasteiger partial charge < -0.3 is 19.9 Å². The molecule has 1 aliphatic rings. The van der Waals surface area contributed by atoms with Crippen molar-refractivity contribution in [3.05, 3.63) is 53.2 Å². The normalized spacial score (nSPS) is 16.0. The summed E-state index contributed by atoms with van der Waals surface area (Å²) >= 11 is 0. The van der Waals surface area contributed by atoms with E-state index in [-0.39, 0.29) is 35.8 Å². The Morgan fingerprint density at radius 3 is 2.57 bits per heavy atom. The summed E-state index contributed by atoms with van der Waals surface area (Å²) in [4.78, 5) is 6.97. The van der Waals surface area contributed by atoms with Crippen LogP contribution in [-0.4, -0.2) is 55.4 Å². The Morgan fingerprint density at radius 1 is 1.20 bits per heavy atom. The fraction of sp³-hybridized carbons (Fsp3) is 0.524. The van der Waals surface area contributed by atoms with Crippen LogP contribution in [0.5, 0.6) is 0 Å². The smallest absolute Gasteiger partial charge is 0.191 e. The van der Waals surface area contributed by atoms with Gasteiger partial charge in [-0.25, -0.2) is 9.38 Å². The third kappa shape index (κ3) is 7.21. The van der Waals surface area contributed by atoms with E-state index < -0.39 is 0 Å². The number of hydrogen-bond donors (Lipinski definition) is 2. The van der Waals surface area contributed by atoms with E-state index in [1.807, 2.05) is 32.0 Å². The summed E-state index contributed by atoms with van der Waals surface area (Å²) < 4.78 is 24.2. The lowest BCUT2D eigenvalue weighted by Gasteiger charge is -2.35. The summed E-state index contributed by atoms with van der Waals surface area (Å²) in [5.41, 5.74) is 2.00. The maximum absolute atomic E-state index is 13.4. The summed E-state index contributed by atoms with van der Waals surface area (Å²) in [6.45, 7) is 8.98. The number of halogens is 2. The molecule has 2 aromatic rings. The van der Waals surface area contributed by atoms with Gasteiger partial charge in [-0.15, -0.1) is 24.0 Å². The number of benzene rings is 1. The summed E-state index contributed by atoms with van der Waals surface area (Å²) in [5, 5.41) is 10.7. The molecule has 0 radical (unpaired) electrons. The number of rotatable bonds is 8. The van der Waals surface area contributed by atoms with Gasteiger partial charge in [0, 0.05) is 32.2 Å². The van der Waals surface area contributed by atoms with Crippen LogP contribution in [0.4, 0.5) is 4.39 Å². The summed E-state index contributed by atoms with van der Waals surface area (Å²) in [6, 6.07) is 8.75. The maximum atomic E-state index is 13.4. The number of morpholine rings is 1. The number of nitrogens with zero attached hydrogens (tertiary/aromatic N) is 3. The van der Waals surface area contributed by atoms with Gasteiger partial charge in [-0.1, -0.05) is 24.2 Å². The number of nitrogens with one attached hydrogen (secondary N) is 2. The van der Waals surface area contributed by atoms with Crippen LogP contribution in [0, 0.1) is 5.82 Å². The lowest BCUT2D eigenvalue weighted by molar-refractivity contribution is 0.0170. The lowest BCUT2D eigenvalue weighted by Crippen LogP contribution is -2.46. The molecule has 9 heteroatoms. The number of aliphatic imine (C=N–C) groups is 1. The molecule has 1 unspecified atom stereocenters. The highest BCUT2D eigenvalue weighted by atomic mass is 127. The topological polar surface area (TPSA) is 74.9 Å². The Kier molecular flexibility index (Phi) is 10.5. The average Bonchev–Trinajstić information content (AvgIpc) is 3.22. The predicted molar refractivity (Wildman–Crippen MR) is 126 cm³/mol. The van der Waals surface area contributed by atoms with Crippen molar-refractivity contribution in [3.63, 3.8) is 0 Å². The van der Waals surface area contributed by atoms with Gasteiger partial charge in [0.1, 0.15) is 12.4 Å². The summed E-state index contributed by atoms with van der Waals surface area (Å²) in [5.74, 6) is 1.22. The van der Waals surface area contributed by atoms with Gasteiger partial charge in [0.15, 0.2) is 11.7 Å². The first-order valence-electron chi connectivity index (χ1n) is 10.2. The quantitative estimate of drug-likeness (QED) is 0.310. The van der Waals surface area contributed by atoms with E-state index >= 15 is 0 Å². The van der Waals surface area contributed by atoms with Crippen molar-refractivity contribution in [3.8, 4) is 0 Å². The number of aryl methyl sites for hydroxylation is 1. The van der Waals surface area contributed by atoms with Gasteiger partial charge in [0.2, 0.25) is 0 Å². The minimum absolute atomic E-state index is 0. The molecule has 1 fully saturated rings. The predicted octanol–water partition coefficient (Wildman–Crippen LogP) is 3.12. The fourth-order valence-corrected chi connectivity index (χ4v) is 3.32. The monoisotopic (exact) mass is 531 g/mol. The molecule has 1 aromatic carbocycles. The molecule has 166 valence electrons. The van der Waals surface area contributed by atoms with Crippen LogP contribution in [0.15, 0.2) is 39.8 Å². The van der Waals surface area contributed by atoms with Crippen molar-refractivity contribution in [1.29, 1.82) is 0 Å². The van der Waals surface area contributed by atoms with Gasteiger partial charge in [-0.05, 0) is 31.0 Å². The van der Waals surface area contributed by atoms with E-state index in [4.69, 9.17) is 9.26 Å². The van der Waals surface area contributed by atoms with Crippen molar-refractivity contribution >= 4 is 29.9 Å². The second kappa shape index (κ2) is 12.9. The van der Waals surface area contributed by atoms with Gasteiger partial charge in [0.25, 0.3) is 0 Å². The van der Waals surface area contributed by atoms with Crippen LogP contribution in [0.1, 0.15) is 36.9 Å². The largest absolute Gasteiger partial charge is 0.379 e. The minimum Gasteiger partial charge on any atom is -0.379 e. The highest BCUT2D eigenvalue weighted by molar-refractivity contribution is 14.0. The van der Waals surface area contributed by atoms with Crippen LogP contribution in [0.25, 0.3) is 0 Å². The van der Waals surface area contributed by atoms with Crippen LogP contribution in [0.2, 0.25) is 0 Å². The molecule has 1 saturated heterocycles.